The summed E-state index contributed by atoms with van der Waals surface area (Å²) in [6.45, 7) is 7.97. The second kappa shape index (κ2) is 7.05. The second-order valence-corrected chi connectivity index (χ2v) is 6.81. The fourth-order valence-electron chi connectivity index (χ4n) is 2.03. The van der Waals surface area contributed by atoms with E-state index in [2.05, 4.69) is 20.6 Å². The molecule has 0 fully saturated rings. The highest BCUT2D eigenvalue weighted by Crippen LogP contribution is 2.27. The van der Waals surface area contributed by atoms with Crippen molar-refractivity contribution in [3.8, 4) is 0 Å². The minimum atomic E-state index is -0.427. The molecule has 0 aliphatic carbocycles. The molecular weight excluding hydrogens is 328 g/mol. The number of halogens is 1. The molecule has 0 aliphatic rings. The highest BCUT2D eigenvalue weighted by atomic mass is 35.5. The molecule has 0 saturated heterocycles. The Morgan fingerprint density at radius 2 is 1.92 bits per heavy atom. The largest absolute Gasteiger partial charge is 0.465 e. The van der Waals surface area contributed by atoms with Crippen molar-refractivity contribution in [1.82, 2.24) is 9.97 Å². The van der Waals surface area contributed by atoms with Crippen LogP contribution in [0.15, 0.2) is 24.3 Å². The summed E-state index contributed by atoms with van der Waals surface area (Å²) in [4.78, 5) is 20.5. The molecule has 0 saturated carbocycles. The lowest BCUT2D eigenvalue weighted by Crippen LogP contribution is -2.27. The molecule has 2 rings (SSSR count). The van der Waals surface area contributed by atoms with Gasteiger partial charge in [-0.05, 0) is 45.9 Å². The van der Waals surface area contributed by atoms with Crippen molar-refractivity contribution in [2.24, 2.45) is 0 Å². The molecule has 0 radical (unpaired) electrons. The van der Waals surface area contributed by atoms with E-state index in [9.17, 15) is 4.79 Å². The first-order valence-corrected chi connectivity index (χ1v) is 7.84. The maximum atomic E-state index is 11.7. The minimum absolute atomic E-state index is 0.159. The molecular formula is C17H21ClN4O2. The lowest BCUT2D eigenvalue weighted by Gasteiger charge is -2.21. The summed E-state index contributed by atoms with van der Waals surface area (Å²) in [6, 6.07) is 6.67. The maximum absolute atomic E-state index is 11.7. The first kappa shape index (κ1) is 18.0. The van der Waals surface area contributed by atoms with Crippen LogP contribution in [-0.4, -0.2) is 28.6 Å². The number of anilines is 3. The van der Waals surface area contributed by atoms with Gasteiger partial charge < -0.3 is 15.4 Å². The van der Waals surface area contributed by atoms with Crippen molar-refractivity contribution in [2.75, 3.05) is 17.7 Å². The first-order valence-electron chi connectivity index (χ1n) is 7.47. The maximum Gasteiger partial charge on any atom is 0.337 e. The van der Waals surface area contributed by atoms with E-state index in [1.807, 2.05) is 27.7 Å². The highest BCUT2D eigenvalue weighted by Gasteiger charge is 2.14. The molecule has 0 atom stereocenters. The molecule has 0 amide bonds. The van der Waals surface area contributed by atoms with Crippen molar-refractivity contribution in [2.45, 2.75) is 33.2 Å². The van der Waals surface area contributed by atoms with Crippen molar-refractivity contribution in [3.63, 3.8) is 0 Å². The molecule has 1 heterocycles. The van der Waals surface area contributed by atoms with Crippen LogP contribution in [0.4, 0.5) is 17.5 Å². The van der Waals surface area contributed by atoms with E-state index >= 15 is 0 Å². The summed E-state index contributed by atoms with van der Waals surface area (Å²) in [5.41, 5.74) is 1.62. The number of benzene rings is 1. The standard InChI is InChI=1S/C17H21ClN4O2/c1-10-8-14(21-16(19-10)22-17(2,3)4)20-13-9-11(15(23)24-5)6-7-12(13)18/h6-9H,1-5H3,(H2,19,20,21,22). The molecule has 2 aromatic rings. The zero-order valence-electron chi connectivity index (χ0n) is 14.4. The summed E-state index contributed by atoms with van der Waals surface area (Å²) >= 11 is 6.21. The van der Waals surface area contributed by atoms with Crippen LogP contribution in [0.25, 0.3) is 0 Å². The van der Waals surface area contributed by atoms with Crippen molar-refractivity contribution >= 4 is 35.0 Å². The van der Waals surface area contributed by atoms with Gasteiger partial charge in [0.05, 0.1) is 23.4 Å². The number of ether oxygens (including phenoxy) is 1. The van der Waals surface area contributed by atoms with Gasteiger partial charge in [-0.15, -0.1) is 0 Å². The van der Waals surface area contributed by atoms with Crippen LogP contribution in [0, 0.1) is 6.92 Å². The molecule has 1 aromatic carbocycles. The lowest BCUT2D eigenvalue weighted by molar-refractivity contribution is 0.0601. The number of carbonyl (C=O) groups is 1. The Morgan fingerprint density at radius 1 is 1.21 bits per heavy atom. The second-order valence-electron chi connectivity index (χ2n) is 6.40. The van der Waals surface area contributed by atoms with Crippen molar-refractivity contribution in [3.05, 3.63) is 40.5 Å². The summed E-state index contributed by atoms with van der Waals surface area (Å²) in [6.07, 6.45) is 0. The van der Waals surface area contributed by atoms with Gasteiger partial charge in [0.25, 0.3) is 0 Å². The average molecular weight is 349 g/mol. The van der Waals surface area contributed by atoms with Crippen molar-refractivity contribution in [1.29, 1.82) is 0 Å². The van der Waals surface area contributed by atoms with E-state index in [0.717, 1.165) is 5.69 Å². The Bertz CT molecular complexity index is 757. The van der Waals surface area contributed by atoms with Gasteiger partial charge in [-0.3, -0.25) is 0 Å². The molecule has 6 nitrogen and oxygen atoms in total. The van der Waals surface area contributed by atoms with E-state index in [4.69, 9.17) is 16.3 Å². The van der Waals surface area contributed by atoms with Crippen LogP contribution in [0.3, 0.4) is 0 Å². The van der Waals surface area contributed by atoms with Crippen LogP contribution in [0.1, 0.15) is 36.8 Å². The molecule has 24 heavy (non-hydrogen) atoms. The quantitative estimate of drug-likeness (QED) is 0.807. The number of nitrogens with zero attached hydrogens (tertiary/aromatic N) is 2. The van der Waals surface area contributed by atoms with E-state index in [-0.39, 0.29) is 5.54 Å². The van der Waals surface area contributed by atoms with Crippen LogP contribution < -0.4 is 10.6 Å². The zero-order valence-corrected chi connectivity index (χ0v) is 15.2. The minimum Gasteiger partial charge on any atom is -0.465 e. The highest BCUT2D eigenvalue weighted by molar-refractivity contribution is 6.33. The third-order valence-corrected chi connectivity index (χ3v) is 3.32. The topological polar surface area (TPSA) is 76.1 Å². The number of hydrogen-bond donors (Lipinski definition) is 2. The third-order valence-electron chi connectivity index (χ3n) is 2.99. The van der Waals surface area contributed by atoms with Crippen molar-refractivity contribution < 1.29 is 9.53 Å². The molecule has 7 heteroatoms. The summed E-state index contributed by atoms with van der Waals surface area (Å²) in [7, 11) is 1.34. The molecule has 0 unspecified atom stereocenters. The van der Waals surface area contributed by atoms with E-state index < -0.39 is 5.97 Å². The zero-order chi connectivity index (χ0) is 17.9. The average Bonchev–Trinajstić information content (AvgIpc) is 2.46. The van der Waals surface area contributed by atoms with E-state index in [1.165, 1.54) is 7.11 Å². The monoisotopic (exact) mass is 348 g/mol. The summed E-state index contributed by atoms with van der Waals surface area (Å²) < 4.78 is 4.73. The summed E-state index contributed by atoms with van der Waals surface area (Å²) in [5, 5.41) is 6.84. The van der Waals surface area contributed by atoms with Gasteiger partial charge >= 0.3 is 5.97 Å². The number of carbonyl (C=O) groups excluding carboxylic acids is 1. The van der Waals surface area contributed by atoms with Gasteiger partial charge in [-0.2, -0.15) is 4.98 Å². The Hall–Kier alpha value is -2.34. The third kappa shape index (κ3) is 4.83. The Morgan fingerprint density at radius 3 is 2.54 bits per heavy atom. The van der Waals surface area contributed by atoms with Crippen LogP contribution in [-0.2, 0) is 4.74 Å². The van der Waals surface area contributed by atoms with Crippen LogP contribution >= 0.6 is 11.6 Å². The predicted molar refractivity (Wildman–Crippen MR) is 96.2 cm³/mol. The van der Waals surface area contributed by atoms with Crippen LogP contribution in [0.5, 0.6) is 0 Å². The van der Waals surface area contributed by atoms with E-state index in [0.29, 0.717) is 28.0 Å². The Kier molecular flexibility index (Phi) is 5.29. The normalized spacial score (nSPS) is 11.1. The van der Waals surface area contributed by atoms with Gasteiger partial charge in [0.1, 0.15) is 5.82 Å². The molecule has 2 N–H and O–H groups in total. The SMILES string of the molecule is COC(=O)c1ccc(Cl)c(Nc2cc(C)nc(NC(C)(C)C)n2)c1. The number of aromatic nitrogens is 2. The number of rotatable bonds is 4. The summed E-state index contributed by atoms with van der Waals surface area (Å²) in [5.74, 6) is 0.673. The van der Waals surface area contributed by atoms with Gasteiger partial charge in [0.15, 0.2) is 0 Å². The number of methoxy groups -OCH3 is 1. The Balaban J connectivity index is 2.32. The fourth-order valence-corrected chi connectivity index (χ4v) is 2.19. The molecule has 0 aliphatic heterocycles. The molecule has 0 bridgehead atoms. The molecule has 128 valence electrons. The van der Waals surface area contributed by atoms with Gasteiger partial charge in [-0.25, -0.2) is 9.78 Å². The Labute approximate surface area is 146 Å². The molecule has 1 aromatic heterocycles. The van der Waals surface area contributed by atoms with Gasteiger partial charge in [0, 0.05) is 17.3 Å². The number of hydrogen-bond acceptors (Lipinski definition) is 6. The molecule has 0 spiro atoms. The fraction of sp³-hybridized carbons (Fsp3) is 0.353. The lowest BCUT2D eigenvalue weighted by atomic mass is 10.1. The van der Waals surface area contributed by atoms with Gasteiger partial charge in [0.2, 0.25) is 5.95 Å². The first-order chi connectivity index (χ1) is 11.2. The smallest absolute Gasteiger partial charge is 0.337 e. The van der Waals surface area contributed by atoms with Crippen LogP contribution in [0.2, 0.25) is 5.02 Å². The number of esters is 1. The number of nitrogens with one attached hydrogen (secondary N) is 2. The van der Waals surface area contributed by atoms with E-state index in [1.54, 1.807) is 24.3 Å². The predicted octanol–water partition coefficient (Wildman–Crippen LogP) is 4.18. The van der Waals surface area contributed by atoms with Gasteiger partial charge in [-0.1, -0.05) is 11.6 Å². The number of aryl methyl sites for hydroxylation is 1.